The second-order valence-corrected chi connectivity index (χ2v) is 9.45. The van der Waals surface area contributed by atoms with E-state index in [9.17, 15) is 9.59 Å². The summed E-state index contributed by atoms with van der Waals surface area (Å²) in [5.74, 6) is 1.25. The molecule has 4 aromatic rings. The second kappa shape index (κ2) is 11.9. The lowest BCUT2D eigenvalue weighted by molar-refractivity contribution is -0.118. The molecule has 0 bridgehead atoms. The van der Waals surface area contributed by atoms with Crippen LogP contribution in [-0.4, -0.2) is 28.1 Å². The normalized spacial score (nSPS) is 12.1. The lowest BCUT2D eigenvalue weighted by atomic mass is 10.0. The van der Waals surface area contributed by atoms with Gasteiger partial charge in [-0.3, -0.25) is 9.59 Å². The lowest BCUT2D eigenvalue weighted by Gasteiger charge is -2.16. The van der Waals surface area contributed by atoms with Crippen LogP contribution in [0.15, 0.2) is 66.2 Å². The first-order valence-electron chi connectivity index (χ1n) is 12.0. The van der Waals surface area contributed by atoms with Gasteiger partial charge in [-0.05, 0) is 24.5 Å². The molecule has 0 aliphatic rings. The van der Waals surface area contributed by atoms with E-state index in [-0.39, 0.29) is 18.4 Å². The van der Waals surface area contributed by atoms with E-state index < -0.39 is 0 Å². The number of Topliss-reactive ketones (excluding diaryl/α,β-unsaturated/α-hetero) is 2. The molecule has 0 saturated heterocycles. The summed E-state index contributed by atoms with van der Waals surface area (Å²) in [7, 11) is 0. The van der Waals surface area contributed by atoms with Crippen LogP contribution in [0, 0.1) is 0 Å². The number of carbonyl (C=O) groups excluding carboxylic acids is 2. The third-order valence-corrected chi connectivity index (χ3v) is 7.11. The van der Waals surface area contributed by atoms with Gasteiger partial charge < -0.3 is 10.3 Å². The zero-order chi connectivity index (χ0) is 23.8. The monoisotopic (exact) mass is 473 g/mol. The average molecular weight is 474 g/mol. The molecule has 2 aromatic carbocycles. The minimum absolute atomic E-state index is 0.0619. The maximum absolute atomic E-state index is 13.0. The Morgan fingerprint density at radius 3 is 2.65 bits per heavy atom. The Kier molecular flexibility index (Phi) is 8.39. The van der Waals surface area contributed by atoms with Gasteiger partial charge in [-0.15, -0.1) is 11.3 Å². The van der Waals surface area contributed by atoms with Crippen LogP contribution in [-0.2, 0) is 4.79 Å². The average Bonchev–Trinajstić information content (AvgIpc) is 3.54. The number of imidazole rings is 1. The molecule has 0 fully saturated rings. The fourth-order valence-electron chi connectivity index (χ4n) is 4.14. The van der Waals surface area contributed by atoms with Gasteiger partial charge in [-0.25, -0.2) is 4.98 Å². The largest absolute Gasteiger partial charge is 0.341 e. The van der Waals surface area contributed by atoms with Gasteiger partial charge in [0.1, 0.15) is 11.6 Å². The number of aromatic amines is 1. The van der Waals surface area contributed by atoms with Crippen molar-refractivity contribution in [3.8, 4) is 11.3 Å². The van der Waals surface area contributed by atoms with Crippen LogP contribution in [0.1, 0.15) is 67.7 Å². The number of hydrogen-bond donors (Lipinski definition) is 2. The molecule has 0 aliphatic carbocycles. The van der Waals surface area contributed by atoms with Crippen molar-refractivity contribution in [2.24, 2.45) is 0 Å². The second-order valence-electron chi connectivity index (χ2n) is 8.54. The number of aromatic nitrogens is 2. The van der Waals surface area contributed by atoms with Crippen LogP contribution >= 0.6 is 11.3 Å². The molecule has 0 radical (unpaired) electrons. The molecule has 0 amide bonds. The molecular weight excluding hydrogens is 442 g/mol. The summed E-state index contributed by atoms with van der Waals surface area (Å²) in [6.07, 6.45) is 6.82. The highest BCUT2D eigenvalue weighted by Crippen LogP contribution is 2.27. The number of rotatable bonds is 13. The van der Waals surface area contributed by atoms with Gasteiger partial charge in [0.2, 0.25) is 0 Å². The quantitative estimate of drug-likeness (QED) is 0.167. The van der Waals surface area contributed by atoms with Crippen LogP contribution in [0.3, 0.4) is 0 Å². The third kappa shape index (κ3) is 6.07. The standard InChI is InChI=1S/C28H31N3O2S/c1-2-21(32)13-7-4-8-15-24(28-30-17-25(31-28)20-11-5-3-6-12-20)29-18-26(33)23-19-34-27-16-10-9-14-22(23)27/h3,5-6,9-12,14,16-17,19,24,29H,2,4,7-8,13,15,18H2,1H3,(H,30,31)/t24-/m0/s1. The van der Waals surface area contributed by atoms with Crippen molar-refractivity contribution in [1.82, 2.24) is 15.3 Å². The highest BCUT2D eigenvalue weighted by Gasteiger charge is 2.19. The number of thiophene rings is 1. The van der Waals surface area contributed by atoms with E-state index in [2.05, 4.69) is 27.4 Å². The highest BCUT2D eigenvalue weighted by atomic mass is 32.1. The smallest absolute Gasteiger partial charge is 0.178 e. The third-order valence-electron chi connectivity index (χ3n) is 6.14. The topological polar surface area (TPSA) is 74.8 Å². The number of benzene rings is 2. The fourth-order valence-corrected chi connectivity index (χ4v) is 5.11. The van der Waals surface area contributed by atoms with Crippen LogP contribution in [0.2, 0.25) is 0 Å². The first-order valence-corrected chi connectivity index (χ1v) is 12.9. The van der Waals surface area contributed by atoms with Crippen molar-refractivity contribution in [1.29, 1.82) is 0 Å². The molecule has 0 aliphatic heterocycles. The van der Waals surface area contributed by atoms with Crippen LogP contribution in [0.5, 0.6) is 0 Å². The van der Waals surface area contributed by atoms with E-state index in [0.717, 1.165) is 58.4 Å². The highest BCUT2D eigenvalue weighted by molar-refractivity contribution is 7.17. The van der Waals surface area contributed by atoms with E-state index in [0.29, 0.717) is 18.6 Å². The molecule has 6 heteroatoms. The van der Waals surface area contributed by atoms with Crippen molar-refractivity contribution >= 4 is 33.0 Å². The summed E-state index contributed by atoms with van der Waals surface area (Å²) in [6, 6.07) is 18.1. The number of nitrogens with one attached hydrogen (secondary N) is 2. The molecule has 4 rings (SSSR count). The first kappa shape index (κ1) is 24.0. The van der Waals surface area contributed by atoms with Gasteiger partial charge in [0.15, 0.2) is 5.78 Å². The van der Waals surface area contributed by atoms with Gasteiger partial charge in [0.05, 0.1) is 24.5 Å². The number of fused-ring (bicyclic) bond motifs is 1. The van der Waals surface area contributed by atoms with E-state index in [1.165, 1.54) is 0 Å². The van der Waals surface area contributed by atoms with Gasteiger partial charge in [-0.2, -0.15) is 0 Å². The fraction of sp³-hybridized carbons (Fsp3) is 0.321. The van der Waals surface area contributed by atoms with Crippen molar-refractivity contribution in [3.05, 3.63) is 77.6 Å². The van der Waals surface area contributed by atoms with Crippen molar-refractivity contribution < 1.29 is 9.59 Å². The van der Waals surface area contributed by atoms with Crippen molar-refractivity contribution in [2.45, 2.75) is 51.5 Å². The summed E-state index contributed by atoms with van der Waals surface area (Å²) in [5.41, 5.74) is 2.82. The SMILES string of the molecule is CCC(=O)CCCCC[C@H](NCC(=O)c1csc2ccccc12)c1ncc(-c2ccccc2)[nH]1. The molecule has 5 nitrogen and oxygen atoms in total. The Balaban J connectivity index is 1.43. The zero-order valence-electron chi connectivity index (χ0n) is 19.5. The summed E-state index contributed by atoms with van der Waals surface area (Å²) in [6.45, 7) is 2.16. The predicted molar refractivity (Wildman–Crippen MR) is 139 cm³/mol. The minimum Gasteiger partial charge on any atom is -0.341 e. The summed E-state index contributed by atoms with van der Waals surface area (Å²) < 4.78 is 1.13. The van der Waals surface area contributed by atoms with E-state index >= 15 is 0 Å². The number of hydrogen-bond acceptors (Lipinski definition) is 5. The molecule has 176 valence electrons. The molecule has 0 unspecified atom stereocenters. The van der Waals surface area contributed by atoms with Gasteiger partial charge in [-0.1, -0.05) is 68.3 Å². The van der Waals surface area contributed by atoms with Crippen LogP contribution in [0.25, 0.3) is 21.3 Å². The Bertz CT molecular complexity index is 1230. The van der Waals surface area contributed by atoms with E-state index in [4.69, 9.17) is 0 Å². The Morgan fingerprint density at radius 1 is 1.03 bits per heavy atom. The maximum Gasteiger partial charge on any atom is 0.178 e. The molecular formula is C28H31N3O2S. The van der Waals surface area contributed by atoms with Gasteiger partial charge in [0, 0.05) is 33.9 Å². The van der Waals surface area contributed by atoms with E-state index in [1.54, 1.807) is 11.3 Å². The Morgan fingerprint density at radius 2 is 1.82 bits per heavy atom. The lowest BCUT2D eigenvalue weighted by Crippen LogP contribution is -2.28. The molecule has 34 heavy (non-hydrogen) atoms. The number of unbranched alkanes of at least 4 members (excludes halogenated alkanes) is 2. The van der Waals surface area contributed by atoms with Crippen LogP contribution < -0.4 is 5.32 Å². The summed E-state index contributed by atoms with van der Waals surface area (Å²) >= 11 is 1.60. The number of nitrogens with zero attached hydrogens (tertiary/aromatic N) is 1. The van der Waals surface area contributed by atoms with E-state index in [1.807, 2.05) is 61.0 Å². The molecule has 0 saturated carbocycles. The summed E-state index contributed by atoms with van der Waals surface area (Å²) in [4.78, 5) is 32.7. The maximum atomic E-state index is 13.0. The molecule has 2 N–H and O–H groups in total. The van der Waals surface area contributed by atoms with Gasteiger partial charge >= 0.3 is 0 Å². The zero-order valence-corrected chi connectivity index (χ0v) is 20.4. The predicted octanol–water partition coefficient (Wildman–Crippen LogP) is 6.73. The number of carbonyl (C=O) groups is 2. The van der Waals surface area contributed by atoms with Gasteiger partial charge in [0.25, 0.3) is 0 Å². The molecule has 2 aromatic heterocycles. The molecule has 2 heterocycles. The van der Waals surface area contributed by atoms with Crippen molar-refractivity contribution in [2.75, 3.05) is 6.54 Å². The summed E-state index contributed by atoms with van der Waals surface area (Å²) in [5, 5.41) is 6.43. The Hall–Kier alpha value is -3.09. The Labute approximate surface area is 204 Å². The molecule has 1 atom stereocenters. The number of ketones is 2. The van der Waals surface area contributed by atoms with Crippen molar-refractivity contribution in [3.63, 3.8) is 0 Å². The first-order chi connectivity index (χ1) is 16.7. The minimum atomic E-state index is -0.0619. The number of H-pyrrole nitrogens is 1. The molecule has 0 spiro atoms. The van der Waals surface area contributed by atoms with Crippen LogP contribution in [0.4, 0.5) is 0 Å².